The van der Waals surface area contributed by atoms with Crippen molar-refractivity contribution in [3.63, 3.8) is 0 Å². The third-order valence-electron chi connectivity index (χ3n) is 5.86. The van der Waals surface area contributed by atoms with Gasteiger partial charge in [0.2, 0.25) is 5.95 Å². The number of carbonyl (C=O) groups excluding carboxylic acids is 1. The standard InChI is InChI=1S/C25H23Cl2N5O/c1-30-11-13-31(14-12-30)24(33)17-5-10-23-22(15-17)29-25(28-20-8-6-18(26)7-9-20)32(23)21-4-2-3-19(27)16-21/h2-10,15-16H,11-14H2,1H3,(H,28,29). The fourth-order valence-electron chi connectivity index (χ4n) is 4.03. The van der Waals surface area contributed by atoms with Crippen LogP contribution < -0.4 is 5.32 Å². The van der Waals surface area contributed by atoms with Crippen molar-refractivity contribution in [1.29, 1.82) is 0 Å². The summed E-state index contributed by atoms with van der Waals surface area (Å²) >= 11 is 12.3. The van der Waals surface area contributed by atoms with Crippen LogP contribution in [0.4, 0.5) is 11.6 Å². The summed E-state index contributed by atoms with van der Waals surface area (Å²) in [7, 11) is 2.07. The van der Waals surface area contributed by atoms with E-state index in [0.29, 0.717) is 21.6 Å². The SMILES string of the molecule is CN1CCN(C(=O)c2ccc3c(c2)nc(Nc2ccc(Cl)cc2)n3-c2cccc(Cl)c2)CC1. The zero-order valence-electron chi connectivity index (χ0n) is 18.1. The number of benzene rings is 3. The molecule has 0 saturated carbocycles. The van der Waals surface area contributed by atoms with E-state index in [1.165, 1.54) is 0 Å². The fourth-order valence-corrected chi connectivity index (χ4v) is 4.34. The second-order valence-corrected chi connectivity index (χ2v) is 9.05. The molecule has 0 aliphatic carbocycles. The maximum Gasteiger partial charge on any atom is 0.254 e. The van der Waals surface area contributed by atoms with Crippen molar-refractivity contribution >= 4 is 51.8 Å². The van der Waals surface area contributed by atoms with Crippen molar-refractivity contribution in [1.82, 2.24) is 19.4 Å². The van der Waals surface area contributed by atoms with Gasteiger partial charge in [-0.05, 0) is 67.7 Å². The van der Waals surface area contributed by atoms with E-state index in [1.54, 1.807) is 0 Å². The highest BCUT2D eigenvalue weighted by molar-refractivity contribution is 6.31. The van der Waals surface area contributed by atoms with Gasteiger partial charge in [-0.3, -0.25) is 9.36 Å². The zero-order valence-corrected chi connectivity index (χ0v) is 19.6. The van der Waals surface area contributed by atoms with Gasteiger partial charge in [0.15, 0.2) is 0 Å². The van der Waals surface area contributed by atoms with Crippen molar-refractivity contribution in [2.45, 2.75) is 0 Å². The molecule has 0 radical (unpaired) electrons. The predicted molar refractivity (Wildman–Crippen MR) is 134 cm³/mol. The zero-order chi connectivity index (χ0) is 22.9. The number of piperazine rings is 1. The van der Waals surface area contributed by atoms with Crippen LogP contribution in [0.3, 0.4) is 0 Å². The predicted octanol–water partition coefficient (Wildman–Crippen LogP) is 5.46. The first-order valence-corrected chi connectivity index (χ1v) is 11.5. The van der Waals surface area contributed by atoms with Crippen molar-refractivity contribution < 1.29 is 4.79 Å². The number of hydrogen-bond donors (Lipinski definition) is 1. The summed E-state index contributed by atoms with van der Waals surface area (Å²) in [6, 6.07) is 20.7. The number of likely N-dealkylation sites (N-methyl/N-ethyl adjacent to an activating group) is 1. The van der Waals surface area contributed by atoms with Gasteiger partial charge in [0.05, 0.1) is 16.7 Å². The fraction of sp³-hybridized carbons (Fsp3) is 0.200. The van der Waals surface area contributed by atoms with Gasteiger partial charge in [-0.2, -0.15) is 0 Å². The molecule has 0 spiro atoms. The van der Waals surface area contributed by atoms with Crippen LogP contribution in [-0.4, -0.2) is 58.5 Å². The Labute approximate surface area is 202 Å². The number of halogens is 2. The van der Waals surface area contributed by atoms with Crippen LogP contribution in [0.15, 0.2) is 66.7 Å². The Bertz CT molecular complexity index is 1310. The molecular formula is C25H23Cl2N5O. The molecule has 168 valence electrons. The lowest BCUT2D eigenvalue weighted by atomic mass is 10.1. The Balaban J connectivity index is 1.56. The molecule has 4 aromatic rings. The highest BCUT2D eigenvalue weighted by atomic mass is 35.5. The molecule has 1 aromatic heterocycles. The third-order valence-corrected chi connectivity index (χ3v) is 6.35. The van der Waals surface area contributed by atoms with Gasteiger partial charge in [-0.1, -0.05) is 29.3 Å². The topological polar surface area (TPSA) is 53.4 Å². The minimum Gasteiger partial charge on any atom is -0.336 e. The van der Waals surface area contributed by atoms with Gasteiger partial charge in [-0.15, -0.1) is 0 Å². The smallest absolute Gasteiger partial charge is 0.254 e. The number of nitrogens with zero attached hydrogens (tertiary/aromatic N) is 4. The Kier molecular flexibility index (Phi) is 5.98. The number of hydrogen-bond acceptors (Lipinski definition) is 4. The van der Waals surface area contributed by atoms with E-state index in [0.717, 1.165) is 48.6 Å². The Morgan fingerprint density at radius 3 is 2.39 bits per heavy atom. The molecule has 8 heteroatoms. The first-order valence-electron chi connectivity index (χ1n) is 10.8. The van der Waals surface area contributed by atoms with Crippen LogP contribution in [0.5, 0.6) is 0 Å². The molecule has 2 heterocycles. The van der Waals surface area contributed by atoms with Crippen molar-refractivity contribution in [2.24, 2.45) is 0 Å². The van der Waals surface area contributed by atoms with Gasteiger partial charge >= 0.3 is 0 Å². The highest BCUT2D eigenvalue weighted by Gasteiger charge is 2.22. The van der Waals surface area contributed by atoms with Crippen LogP contribution in [-0.2, 0) is 0 Å². The van der Waals surface area contributed by atoms with Crippen LogP contribution >= 0.6 is 23.2 Å². The van der Waals surface area contributed by atoms with Crippen molar-refractivity contribution in [3.05, 3.63) is 82.3 Å². The number of imidazole rings is 1. The molecule has 3 aromatic carbocycles. The minimum absolute atomic E-state index is 0.0366. The van der Waals surface area contributed by atoms with E-state index >= 15 is 0 Å². The molecule has 6 nitrogen and oxygen atoms in total. The van der Waals surface area contributed by atoms with Crippen LogP contribution in [0.25, 0.3) is 16.7 Å². The Morgan fingerprint density at radius 2 is 1.67 bits per heavy atom. The first kappa shape index (κ1) is 21.8. The van der Waals surface area contributed by atoms with E-state index < -0.39 is 0 Å². The van der Waals surface area contributed by atoms with Gasteiger partial charge in [-0.25, -0.2) is 4.98 Å². The number of nitrogens with one attached hydrogen (secondary N) is 1. The molecule has 5 rings (SSSR count). The van der Waals surface area contributed by atoms with Crippen molar-refractivity contribution in [3.8, 4) is 5.69 Å². The lowest BCUT2D eigenvalue weighted by Crippen LogP contribution is -2.47. The number of rotatable bonds is 4. The number of carbonyl (C=O) groups is 1. The highest BCUT2D eigenvalue weighted by Crippen LogP contribution is 2.29. The average molecular weight is 480 g/mol. The third kappa shape index (κ3) is 4.55. The summed E-state index contributed by atoms with van der Waals surface area (Å²) in [6.07, 6.45) is 0. The molecule has 1 amide bonds. The molecule has 1 saturated heterocycles. The lowest BCUT2D eigenvalue weighted by molar-refractivity contribution is 0.0664. The van der Waals surface area contributed by atoms with E-state index in [2.05, 4.69) is 17.3 Å². The van der Waals surface area contributed by atoms with Crippen LogP contribution in [0.1, 0.15) is 10.4 Å². The minimum atomic E-state index is 0.0366. The summed E-state index contributed by atoms with van der Waals surface area (Å²) in [6.45, 7) is 3.22. The lowest BCUT2D eigenvalue weighted by Gasteiger charge is -2.32. The van der Waals surface area contributed by atoms with Gasteiger partial charge in [0.25, 0.3) is 5.91 Å². The first-order chi connectivity index (χ1) is 16.0. The molecule has 0 bridgehead atoms. The second-order valence-electron chi connectivity index (χ2n) is 8.18. The number of fused-ring (bicyclic) bond motifs is 1. The normalized spacial score (nSPS) is 14.6. The summed E-state index contributed by atoms with van der Waals surface area (Å²) < 4.78 is 2.00. The molecule has 0 atom stereocenters. The maximum atomic E-state index is 13.1. The molecule has 1 aliphatic rings. The summed E-state index contributed by atoms with van der Waals surface area (Å²) in [5.41, 5.74) is 3.97. The monoisotopic (exact) mass is 479 g/mol. The number of aromatic nitrogens is 2. The van der Waals surface area contributed by atoms with Gasteiger partial charge in [0, 0.05) is 47.5 Å². The molecule has 1 fully saturated rings. The van der Waals surface area contributed by atoms with Crippen LogP contribution in [0, 0.1) is 0 Å². The van der Waals surface area contributed by atoms with E-state index in [1.807, 2.05) is 76.2 Å². The quantitative estimate of drug-likeness (QED) is 0.421. The molecule has 0 unspecified atom stereocenters. The number of anilines is 2. The van der Waals surface area contributed by atoms with Gasteiger partial charge < -0.3 is 15.1 Å². The van der Waals surface area contributed by atoms with E-state index in [-0.39, 0.29) is 5.91 Å². The van der Waals surface area contributed by atoms with Crippen LogP contribution in [0.2, 0.25) is 10.0 Å². The molecule has 1 aliphatic heterocycles. The summed E-state index contributed by atoms with van der Waals surface area (Å²) in [5.74, 6) is 0.660. The van der Waals surface area contributed by atoms with Crippen molar-refractivity contribution in [2.75, 3.05) is 38.5 Å². The molecule has 1 N–H and O–H groups in total. The van der Waals surface area contributed by atoms with E-state index in [9.17, 15) is 4.79 Å². The average Bonchev–Trinajstić information content (AvgIpc) is 3.17. The summed E-state index contributed by atoms with van der Waals surface area (Å²) in [4.78, 5) is 22.1. The Morgan fingerprint density at radius 1 is 0.909 bits per heavy atom. The second kappa shape index (κ2) is 9.06. The summed E-state index contributed by atoms with van der Waals surface area (Å²) in [5, 5.41) is 4.67. The molecular weight excluding hydrogens is 457 g/mol. The largest absolute Gasteiger partial charge is 0.336 e. The number of amides is 1. The van der Waals surface area contributed by atoms with E-state index in [4.69, 9.17) is 28.2 Å². The maximum absolute atomic E-state index is 13.1. The van der Waals surface area contributed by atoms with Gasteiger partial charge in [0.1, 0.15) is 0 Å². The Hall–Kier alpha value is -3.06. The molecule has 33 heavy (non-hydrogen) atoms.